The number of likely N-dealkylation sites (tertiary alicyclic amines) is 1. The molecule has 6 nitrogen and oxygen atoms in total. The van der Waals surface area contributed by atoms with Crippen LogP contribution in [0.2, 0.25) is 0 Å². The average Bonchev–Trinajstić information content (AvgIpc) is 2.89. The van der Waals surface area contributed by atoms with Crippen molar-refractivity contribution in [1.29, 1.82) is 0 Å². The van der Waals surface area contributed by atoms with Crippen LogP contribution in [-0.4, -0.2) is 48.0 Å². The fourth-order valence-electron chi connectivity index (χ4n) is 4.90. The van der Waals surface area contributed by atoms with E-state index in [0.717, 1.165) is 11.6 Å². The number of sulfone groups is 1. The highest BCUT2D eigenvalue weighted by atomic mass is 32.2. The molecule has 8 heteroatoms. The monoisotopic (exact) mass is 518 g/mol. The molecule has 190 valence electrons. The van der Waals surface area contributed by atoms with Crippen molar-refractivity contribution in [3.05, 3.63) is 108 Å². The minimum absolute atomic E-state index is 0.0856. The van der Waals surface area contributed by atoms with Gasteiger partial charge in [0.1, 0.15) is 5.82 Å². The van der Waals surface area contributed by atoms with Gasteiger partial charge < -0.3 is 10.0 Å². The van der Waals surface area contributed by atoms with E-state index in [1.54, 1.807) is 24.3 Å². The van der Waals surface area contributed by atoms with E-state index in [2.05, 4.69) is 4.98 Å². The summed E-state index contributed by atoms with van der Waals surface area (Å²) < 4.78 is 41.3. The van der Waals surface area contributed by atoms with E-state index in [-0.39, 0.29) is 16.0 Å². The Morgan fingerprint density at radius 2 is 1.68 bits per heavy atom. The second-order valence-corrected chi connectivity index (χ2v) is 11.5. The predicted octanol–water partition coefficient (Wildman–Crippen LogP) is 4.56. The number of carbonyl (C=O) groups is 1. The first-order valence-corrected chi connectivity index (χ1v) is 13.8. The number of aliphatic hydroxyl groups is 1. The lowest BCUT2D eigenvalue weighted by Crippen LogP contribution is -2.47. The van der Waals surface area contributed by atoms with Crippen LogP contribution in [-0.2, 0) is 22.0 Å². The number of rotatable bonds is 6. The first-order chi connectivity index (χ1) is 17.7. The van der Waals surface area contributed by atoms with Crippen molar-refractivity contribution in [1.82, 2.24) is 9.88 Å². The maximum atomic E-state index is 15.0. The third-order valence-electron chi connectivity index (χ3n) is 6.91. The molecule has 1 aromatic heterocycles. The number of nitrogens with zero attached hydrogens (tertiary/aromatic N) is 2. The molecule has 0 aliphatic carbocycles. The van der Waals surface area contributed by atoms with Gasteiger partial charge >= 0.3 is 0 Å². The number of pyridine rings is 1. The largest absolute Gasteiger partial charge is 0.389 e. The molecule has 0 atom stereocenters. The number of halogens is 1. The van der Waals surface area contributed by atoms with E-state index >= 15 is 4.39 Å². The number of benzene rings is 3. The Hall–Kier alpha value is -3.62. The van der Waals surface area contributed by atoms with Crippen LogP contribution in [0, 0.1) is 5.82 Å². The number of aromatic nitrogens is 1. The van der Waals surface area contributed by atoms with Gasteiger partial charge in [-0.3, -0.25) is 9.78 Å². The summed E-state index contributed by atoms with van der Waals surface area (Å²) in [5.41, 5.74) is 0.625. The van der Waals surface area contributed by atoms with Crippen molar-refractivity contribution in [2.24, 2.45) is 0 Å². The summed E-state index contributed by atoms with van der Waals surface area (Å²) in [6, 6.07) is 22.1. The lowest BCUT2D eigenvalue weighted by molar-refractivity contribution is -0.0163. The van der Waals surface area contributed by atoms with Gasteiger partial charge in [-0.1, -0.05) is 54.6 Å². The molecular weight excluding hydrogens is 491 g/mol. The Balaban J connectivity index is 1.28. The first kappa shape index (κ1) is 25.0. The van der Waals surface area contributed by atoms with Crippen molar-refractivity contribution < 1.29 is 22.7 Å². The second kappa shape index (κ2) is 10.0. The third kappa shape index (κ3) is 5.40. The van der Waals surface area contributed by atoms with Gasteiger partial charge in [-0.15, -0.1) is 0 Å². The van der Waals surface area contributed by atoms with Gasteiger partial charge in [-0.25, -0.2) is 12.8 Å². The molecule has 0 bridgehead atoms. The van der Waals surface area contributed by atoms with E-state index in [1.165, 1.54) is 29.3 Å². The molecule has 0 unspecified atom stereocenters. The van der Waals surface area contributed by atoms with E-state index in [0.29, 0.717) is 43.3 Å². The lowest BCUT2D eigenvalue weighted by atomic mass is 9.85. The van der Waals surface area contributed by atoms with Crippen molar-refractivity contribution >= 4 is 26.6 Å². The molecule has 0 radical (unpaired) electrons. The normalized spacial score (nSPS) is 15.6. The SMILES string of the molecule is O=C(c1ccc(CS(=O)(=O)c2cccc3cccnc23)cc1F)N1CCC(O)(Cc2ccccc2)CC1. The van der Waals surface area contributed by atoms with Crippen LogP contribution < -0.4 is 0 Å². The predicted molar refractivity (Wildman–Crippen MR) is 139 cm³/mol. The number of fused-ring (bicyclic) bond motifs is 1. The quantitative estimate of drug-likeness (QED) is 0.404. The Labute approximate surface area is 215 Å². The molecule has 1 aliphatic rings. The lowest BCUT2D eigenvalue weighted by Gasteiger charge is -2.38. The Bertz CT molecular complexity index is 1540. The summed E-state index contributed by atoms with van der Waals surface area (Å²) in [7, 11) is -3.80. The van der Waals surface area contributed by atoms with Crippen molar-refractivity contribution in [2.75, 3.05) is 13.1 Å². The van der Waals surface area contributed by atoms with Gasteiger partial charge in [0, 0.05) is 31.1 Å². The zero-order valence-electron chi connectivity index (χ0n) is 20.2. The summed E-state index contributed by atoms with van der Waals surface area (Å²) in [5, 5.41) is 11.7. The number of carbonyl (C=O) groups excluding carboxylic acids is 1. The summed E-state index contributed by atoms with van der Waals surface area (Å²) in [5.74, 6) is -1.64. The van der Waals surface area contributed by atoms with E-state index < -0.39 is 32.9 Å². The van der Waals surface area contributed by atoms with Crippen LogP contribution in [0.3, 0.4) is 0 Å². The molecule has 0 saturated carbocycles. The minimum atomic E-state index is -3.80. The minimum Gasteiger partial charge on any atom is -0.389 e. The van der Waals surface area contributed by atoms with E-state index in [4.69, 9.17) is 0 Å². The number of piperidine rings is 1. The molecule has 3 aromatic carbocycles. The summed E-state index contributed by atoms with van der Waals surface area (Å²) >= 11 is 0. The van der Waals surface area contributed by atoms with Crippen LogP contribution in [0.5, 0.6) is 0 Å². The van der Waals surface area contributed by atoms with E-state index in [1.807, 2.05) is 30.3 Å². The molecule has 5 rings (SSSR count). The van der Waals surface area contributed by atoms with E-state index in [9.17, 15) is 18.3 Å². The second-order valence-electron chi connectivity index (χ2n) is 9.58. The van der Waals surface area contributed by atoms with Crippen molar-refractivity contribution in [3.8, 4) is 0 Å². The number of amides is 1. The van der Waals surface area contributed by atoms with Gasteiger partial charge in [0.05, 0.1) is 27.3 Å². The zero-order chi connectivity index (χ0) is 26.0. The standard InChI is InChI=1S/C29H27FN2O4S/c30-25-18-22(20-37(35,36)26-10-4-8-23-9-5-15-31-27(23)26)11-12-24(25)28(33)32-16-13-29(34,14-17-32)19-21-6-2-1-3-7-21/h1-12,15,18,34H,13-14,16-17,19-20H2. The molecule has 1 fully saturated rings. The van der Waals surface area contributed by atoms with Gasteiger partial charge in [-0.05, 0) is 48.2 Å². The van der Waals surface area contributed by atoms with Crippen molar-refractivity contribution in [2.45, 2.75) is 35.5 Å². The first-order valence-electron chi connectivity index (χ1n) is 12.1. The topological polar surface area (TPSA) is 87.6 Å². The Morgan fingerprint density at radius 1 is 0.946 bits per heavy atom. The van der Waals surface area contributed by atoms with Gasteiger partial charge in [0.15, 0.2) is 9.84 Å². The molecule has 4 aromatic rings. The number of hydrogen-bond acceptors (Lipinski definition) is 5. The van der Waals surface area contributed by atoms with Crippen LogP contribution in [0.4, 0.5) is 4.39 Å². The van der Waals surface area contributed by atoms with Crippen LogP contribution in [0.25, 0.3) is 10.9 Å². The maximum Gasteiger partial charge on any atom is 0.256 e. The smallest absolute Gasteiger partial charge is 0.256 e. The van der Waals surface area contributed by atoms with Crippen molar-refractivity contribution in [3.63, 3.8) is 0 Å². The number of hydrogen-bond donors (Lipinski definition) is 1. The third-order valence-corrected chi connectivity index (χ3v) is 8.62. The molecule has 37 heavy (non-hydrogen) atoms. The molecule has 1 amide bonds. The zero-order valence-corrected chi connectivity index (χ0v) is 21.0. The highest BCUT2D eigenvalue weighted by molar-refractivity contribution is 7.90. The summed E-state index contributed by atoms with van der Waals surface area (Å²) in [6.45, 7) is 0.623. The Kier molecular flexibility index (Phi) is 6.79. The van der Waals surface area contributed by atoms with Gasteiger partial charge in [-0.2, -0.15) is 0 Å². The summed E-state index contributed by atoms with van der Waals surface area (Å²) in [6.07, 6.45) is 2.82. The Morgan fingerprint density at radius 3 is 2.41 bits per heavy atom. The number of para-hydroxylation sites is 1. The fourth-order valence-corrected chi connectivity index (χ4v) is 6.42. The molecule has 1 N–H and O–H groups in total. The van der Waals surface area contributed by atoms with Crippen LogP contribution in [0.1, 0.15) is 34.3 Å². The molecule has 0 spiro atoms. The highest BCUT2D eigenvalue weighted by Gasteiger charge is 2.35. The summed E-state index contributed by atoms with van der Waals surface area (Å²) in [4.78, 5) is 18.9. The van der Waals surface area contributed by atoms with Crippen LogP contribution >= 0.6 is 0 Å². The molecule has 1 saturated heterocycles. The fraction of sp³-hybridized carbons (Fsp3) is 0.241. The van der Waals surface area contributed by atoms with Gasteiger partial charge in [0.2, 0.25) is 0 Å². The maximum absolute atomic E-state index is 15.0. The highest BCUT2D eigenvalue weighted by Crippen LogP contribution is 2.28. The average molecular weight is 519 g/mol. The van der Waals surface area contributed by atoms with Crippen LogP contribution in [0.15, 0.2) is 90.0 Å². The molecule has 2 heterocycles. The molecular formula is C29H27FN2O4S. The molecule has 1 aliphatic heterocycles. The van der Waals surface area contributed by atoms with Gasteiger partial charge in [0.25, 0.3) is 5.91 Å².